The molecule has 1 aliphatic heterocycles. The van der Waals surface area contributed by atoms with Crippen LogP contribution < -0.4 is 9.47 Å². The summed E-state index contributed by atoms with van der Waals surface area (Å²) in [5, 5.41) is 8.78. The van der Waals surface area contributed by atoms with Gasteiger partial charge in [-0.05, 0) is 6.08 Å². The summed E-state index contributed by atoms with van der Waals surface area (Å²) in [7, 11) is 0. The predicted octanol–water partition coefficient (Wildman–Crippen LogP) is 4.35. The molecule has 0 radical (unpaired) electrons. The minimum atomic E-state index is -4.90. The number of halogens is 5. The number of ether oxygens (including phenoxy) is 2. The monoisotopic (exact) mass is 368 g/mol. The third-order valence-corrected chi connectivity index (χ3v) is 3.55. The van der Waals surface area contributed by atoms with Crippen molar-refractivity contribution in [3.05, 3.63) is 39.9 Å². The lowest BCUT2D eigenvalue weighted by Crippen LogP contribution is -2.40. The van der Waals surface area contributed by atoms with Crippen LogP contribution in [0, 0.1) is 0 Å². The fraction of sp³-hybridized carbons (Fsp3) is 0.214. The third kappa shape index (κ3) is 3.40. The average molecular weight is 369 g/mol. The molecule has 1 heterocycles. The molecule has 1 aromatic carbocycles. The largest absolute Gasteiger partial charge is 0.486 e. The second-order valence-electron chi connectivity index (χ2n) is 4.46. The fourth-order valence-corrected chi connectivity index (χ4v) is 2.54. The minimum absolute atomic E-state index is 0.00188. The number of hydrogen-bond acceptors (Lipinski definition) is 3. The number of fused-ring (bicyclic) bond motifs is 1. The van der Waals surface area contributed by atoms with E-state index in [4.69, 9.17) is 37.8 Å². The van der Waals surface area contributed by atoms with E-state index in [1.807, 2.05) is 0 Å². The maximum Gasteiger partial charge on any atom is 0.430 e. The molecule has 0 fully saturated rings. The second-order valence-corrected chi connectivity index (χ2v) is 5.24. The van der Waals surface area contributed by atoms with Gasteiger partial charge in [0.15, 0.2) is 5.75 Å². The van der Waals surface area contributed by atoms with Crippen LogP contribution in [0.5, 0.6) is 11.5 Å². The van der Waals surface area contributed by atoms with E-state index in [9.17, 15) is 18.0 Å². The Labute approximate surface area is 138 Å². The molecule has 0 amide bonds. The molecule has 0 spiro atoms. The van der Waals surface area contributed by atoms with Crippen molar-refractivity contribution in [2.24, 2.45) is 0 Å². The summed E-state index contributed by atoms with van der Waals surface area (Å²) >= 11 is 12.0. The molecule has 124 valence electrons. The lowest BCUT2D eigenvalue weighted by molar-refractivity contribution is -0.187. The van der Waals surface area contributed by atoms with Gasteiger partial charge in [-0.15, -0.1) is 0 Å². The summed E-state index contributed by atoms with van der Waals surface area (Å²) in [4.78, 5) is 11.1. The van der Waals surface area contributed by atoms with Crippen LogP contribution in [0.2, 0.25) is 10.0 Å². The quantitative estimate of drug-likeness (QED) is 0.802. The van der Waals surface area contributed by atoms with Crippen molar-refractivity contribution in [2.75, 3.05) is 6.61 Å². The Bertz CT molecular complexity index is 698. The van der Waals surface area contributed by atoms with Gasteiger partial charge in [0, 0.05) is 11.6 Å². The van der Waals surface area contributed by atoms with Gasteiger partial charge in [0.05, 0.1) is 15.6 Å². The molecule has 4 nitrogen and oxygen atoms in total. The van der Waals surface area contributed by atoms with Gasteiger partial charge < -0.3 is 14.6 Å². The van der Waals surface area contributed by atoms with Crippen molar-refractivity contribution in [1.82, 2.24) is 0 Å². The van der Waals surface area contributed by atoms with E-state index in [-0.39, 0.29) is 33.7 Å². The molecular formula is C14H9Cl2F3O4. The molecule has 0 bridgehead atoms. The third-order valence-electron chi connectivity index (χ3n) is 2.89. The summed E-state index contributed by atoms with van der Waals surface area (Å²) in [5.74, 6) is -2.04. The normalized spacial score (nSPS) is 16.9. The zero-order chi connectivity index (χ0) is 17.4. The number of alkyl halides is 3. The standard InChI is InChI=1S/C14H9Cl2F3O4/c1-2-3-22-11-8(15)5-9-6(10(11)16)4-7(13(20)21)12(23-9)14(17,18)19/h2,4-5,12H,1,3H2,(H,20,21)/t12-/m0/s1. The first-order valence-electron chi connectivity index (χ1n) is 6.10. The summed E-state index contributed by atoms with van der Waals surface area (Å²) in [6.45, 7) is 3.50. The lowest BCUT2D eigenvalue weighted by Gasteiger charge is -2.28. The van der Waals surface area contributed by atoms with Gasteiger partial charge in [0.25, 0.3) is 0 Å². The van der Waals surface area contributed by atoms with E-state index in [0.29, 0.717) is 0 Å². The lowest BCUT2D eigenvalue weighted by atomic mass is 10.0. The molecule has 0 aromatic heterocycles. The topological polar surface area (TPSA) is 55.8 Å². The first-order chi connectivity index (χ1) is 10.7. The molecule has 1 N–H and O–H groups in total. The minimum Gasteiger partial charge on any atom is -0.486 e. The predicted molar refractivity (Wildman–Crippen MR) is 78.2 cm³/mol. The highest BCUT2D eigenvalue weighted by molar-refractivity contribution is 6.38. The van der Waals surface area contributed by atoms with Crippen LogP contribution in [0.15, 0.2) is 24.3 Å². The van der Waals surface area contributed by atoms with Crippen molar-refractivity contribution in [1.29, 1.82) is 0 Å². The van der Waals surface area contributed by atoms with Gasteiger partial charge in [0.2, 0.25) is 6.10 Å². The number of aliphatic carboxylic acids is 1. The molecule has 1 atom stereocenters. The van der Waals surface area contributed by atoms with Crippen LogP contribution in [-0.2, 0) is 4.79 Å². The highest BCUT2D eigenvalue weighted by atomic mass is 35.5. The molecule has 9 heteroatoms. The number of carbonyl (C=O) groups is 1. The molecule has 23 heavy (non-hydrogen) atoms. The number of carboxylic acid groups (broad SMARTS) is 1. The van der Waals surface area contributed by atoms with Gasteiger partial charge >= 0.3 is 12.1 Å². The number of benzene rings is 1. The van der Waals surface area contributed by atoms with E-state index in [1.54, 1.807) is 0 Å². The molecule has 0 saturated carbocycles. The van der Waals surface area contributed by atoms with Crippen molar-refractivity contribution in [2.45, 2.75) is 12.3 Å². The van der Waals surface area contributed by atoms with Crippen LogP contribution in [-0.4, -0.2) is 30.0 Å². The highest BCUT2D eigenvalue weighted by Gasteiger charge is 2.48. The fourth-order valence-electron chi connectivity index (χ4n) is 1.94. The average Bonchev–Trinajstić information content (AvgIpc) is 2.45. The molecule has 2 rings (SSSR count). The van der Waals surface area contributed by atoms with E-state index in [2.05, 4.69) is 6.58 Å². The van der Waals surface area contributed by atoms with Crippen LogP contribution in [0.25, 0.3) is 6.08 Å². The summed E-state index contributed by atoms with van der Waals surface area (Å²) in [6, 6.07) is 1.09. The van der Waals surface area contributed by atoms with E-state index >= 15 is 0 Å². The number of hydrogen-bond donors (Lipinski definition) is 1. The van der Waals surface area contributed by atoms with Gasteiger partial charge in [-0.25, -0.2) is 4.79 Å². The Morgan fingerprint density at radius 3 is 2.65 bits per heavy atom. The highest BCUT2D eigenvalue weighted by Crippen LogP contribution is 2.46. The van der Waals surface area contributed by atoms with Gasteiger partial charge in [0.1, 0.15) is 12.4 Å². The summed E-state index contributed by atoms with van der Waals surface area (Å²) in [6.07, 6.45) is -5.29. The van der Waals surface area contributed by atoms with Gasteiger partial charge in [-0.2, -0.15) is 13.2 Å². The molecule has 0 aliphatic carbocycles. The molecule has 0 unspecified atom stereocenters. The van der Waals surface area contributed by atoms with Crippen molar-refractivity contribution in [3.8, 4) is 11.5 Å². The van der Waals surface area contributed by atoms with E-state index in [0.717, 1.165) is 12.1 Å². The first-order valence-corrected chi connectivity index (χ1v) is 6.86. The zero-order valence-corrected chi connectivity index (χ0v) is 12.8. The first kappa shape index (κ1) is 17.5. The van der Waals surface area contributed by atoms with Crippen molar-refractivity contribution >= 4 is 35.2 Å². The zero-order valence-electron chi connectivity index (χ0n) is 11.3. The Morgan fingerprint density at radius 2 is 2.13 bits per heavy atom. The molecule has 1 aromatic rings. The Morgan fingerprint density at radius 1 is 1.48 bits per heavy atom. The van der Waals surface area contributed by atoms with Crippen LogP contribution in [0.4, 0.5) is 13.2 Å². The molecular weight excluding hydrogens is 360 g/mol. The summed E-state index contributed by atoms with van der Waals surface area (Å²) < 4.78 is 48.9. The van der Waals surface area contributed by atoms with Crippen molar-refractivity contribution < 1.29 is 32.5 Å². The van der Waals surface area contributed by atoms with Crippen molar-refractivity contribution in [3.63, 3.8) is 0 Å². The Balaban J connectivity index is 2.60. The number of rotatable bonds is 4. The Kier molecular flexibility index (Phi) is 4.81. The van der Waals surface area contributed by atoms with Crippen LogP contribution in [0.1, 0.15) is 5.56 Å². The maximum atomic E-state index is 13.0. The second kappa shape index (κ2) is 6.33. The smallest absolute Gasteiger partial charge is 0.430 e. The van der Waals surface area contributed by atoms with E-state index < -0.39 is 23.8 Å². The van der Waals surface area contributed by atoms with Gasteiger partial charge in [-0.3, -0.25) is 0 Å². The van der Waals surface area contributed by atoms with Crippen LogP contribution in [0.3, 0.4) is 0 Å². The van der Waals surface area contributed by atoms with E-state index in [1.165, 1.54) is 6.08 Å². The van der Waals surface area contributed by atoms with Crippen LogP contribution >= 0.6 is 23.2 Å². The molecule has 0 saturated heterocycles. The Hall–Kier alpha value is -1.86. The SMILES string of the molecule is C=CCOc1c(Cl)cc2c(c1Cl)C=C(C(=O)O)[C@@H](C(F)(F)F)O2. The maximum absolute atomic E-state index is 13.0. The summed E-state index contributed by atoms with van der Waals surface area (Å²) in [5.41, 5.74) is -1.03. The van der Waals surface area contributed by atoms with Gasteiger partial charge in [-0.1, -0.05) is 35.9 Å². The number of carboxylic acids is 1. The molecule has 1 aliphatic rings.